The minimum absolute atomic E-state index is 0.244. The lowest BCUT2D eigenvalue weighted by atomic mass is 10.1. The normalized spacial score (nSPS) is 20.3. The number of piperazine rings is 1. The van der Waals surface area contributed by atoms with Crippen molar-refractivity contribution < 1.29 is 9.47 Å². The molecule has 0 aromatic heterocycles. The third-order valence-electron chi connectivity index (χ3n) is 4.54. The van der Waals surface area contributed by atoms with Crippen LogP contribution in [-0.2, 0) is 6.42 Å². The second kappa shape index (κ2) is 7.71. The average molecular weight is 340 g/mol. The summed E-state index contributed by atoms with van der Waals surface area (Å²) in [6.45, 7) is 7.27. The Morgan fingerprint density at radius 2 is 2.00 bits per heavy atom. The number of hydrogen-bond acceptors (Lipinski definition) is 5. The van der Waals surface area contributed by atoms with Gasteiger partial charge in [-0.2, -0.15) is 0 Å². The van der Waals surface area contributed by atoms with E-state index < -0.39 is 0 Å². The fourth-order valence-corrected chi connectivity index (χ4v) is 3.42. The van der Waals surface area contributed by atoms with Gasteiger partial charge in [-0.3, -0.25) is 4.90 Å². The fraction of sp³-hybridized carbons (Fsp3) is 0.647. The van der Waals surface area contributed by atoms with Gasteiger partial charge in [0.25, 0.3) is 0 Å². The van der Waals surface area contributed by atoms with Crippen molar-refractivity contribution in [3.05, 3.63) is 22.7 Å². The van der Waals surface area contributed by atoms with Gasteiger partial charge in [0.15, 0.2) is 11.5 Å². The molecular weight excluding hydrogens is 314 g/mol. The van der Waals surface area contributed by atoms with Gasteiger partial charge in [-0.1, -0.05) is 11.6 Å². The van der Waals surface area contributed by atoms with Gasteiger partial charge in [0.2, 0.25) is 0 Å². The maximum absolute atomic E-state index is 6.26. The Morgan fingerprint density at radius 1 is 1.26 bits per heavy atom. The van der Waals surface area contributed by atoms with Gasteiger partial charge in [0.1, 0.15) is 6.10 Å². The zero-order chi connectivity index (χ0) is 16.2. The molecule has 1 aromatic carbocycles. The summed E-state index contributed by atoms with van der Waals surface area (Å²) in [5.41, 5.74) is 1.14. The average Bonchev–Trinajstić information content (AvgIpc) is 2.53. The van der Waals surface area contributed by atoms with Crippen LogP contribution in [0.5, 0.6) is 11.5 Å². The van der Waals surface area contributed by atoms with Crippen molar-refractivity contribution in [2.24, 2.45) is 0 Å². The zero-order valence-electron chi connectivity index (χ0n) is 14.0. The van der Waals surface area contributed by atoms with Crippen LogP contribution < -0.4 is 14.8 Å². The Morgan fingerprint density at radius 3 is 2.65 bits per heavy atom. The van der Waals surface area contributed by atoms with Gasteiger partial charge in [-0.25, -0.2) is 0 Å². The highest BCUT2D eigenvalue weighted by Crippen LogP contribution is 2.36. The van der Waals surface area contributed by atoms with Crippen molar-refractivity contribution in [2.75, 3.05) is 60.0 Å². The van der Waals surface area contributed by atoms with Gasteiger partial charge in [-0.05, 0) is 19.5 Å². The Hall–Kier alpha value is -1.01. The number of ether oxygens (including phenoxy) is 2. The standard InChI is InChI=1S/C17H26ClN3O2/c1-20-11-15(12-20)23-17-13(9-14(18)10-16(17)22-2)3-6-21-7-4-19-5-8-21/h9-10,15,19H,3-8,11-12H2,1-2H3. The van der Waals surface area contributed by atoms with Crippen LogP contribution in [0.1, 0.15) is 5.56 Å². The molecule has 0 unspecified atom stereocenters. The van der Waals surface area contributed by atoms with Gasteiger partial charge in [0.05, 0.1) is 7.11 Å². The van der Waals surface area contributed by atoms with Gasteiger partial charge < -0.3 is 19.7 Å². The molecular formula is C17H26ClN3O2. The summed E-state index contributed by atoms with van der Waals surface area (Å²) in [5.74, 6) is 1.60. The summed E-state index contributed by atoms with van der Waals surface area (Å²) in [5, 5.41) is 4.09. The van der Waals surface area contributed by atoms with Gasteiger partial charge in [-0.15, -0.1) is 0 Å². The molecule has 2 aliphatic heterocycles. The van der Waals surface area contributed by atoms with E-state index in [4.69, 9.17) is 21.1 Å². The molecule has 128 valence electrons. The Bertz CT molecular complexity index is 529. The number of rotatable bonds is 6. The summed E-state index contributed by atoms with van der Waals surface area (Å²) in [4.78, 5) is 4.72. The van der Waals surface area contributed by atoms with E-state index in [-0.39, 0.29) is 6.10 Å². The quantitative estimate of drug-likeness (QED) is 0.850. The summed E-state index contributed by atoms with van der Waals surface area (Å²) in [6, 6.07) is 3.86. The van der Waals surface area contributed by atoms with Crippen molar-refractivity contribution in [3.63, 3.8) is 0 Å². The van der Waals surface area contributed by atoms with Crippen LogP contribution in [0.15, 0.2) is 12.1 Å². The molecule has 3 rings (SSSR count). The molecule has 2 saturated heterocycles. The zero-order valence-corrected chi connectivity index (χ0v) is 14.7. The van der Waals surface area contributed by atoms with Crippen LogP contribution in [0, 0.1) is 0 Å². The first-order valence-electron chi connectivity index (χ1n) is 8.30. The van der Waals surface area contributed by atoms with Crippen molar-refractivity contribution >= 4 is 11.6 Å². The van der Waals surface area contributed by atoms with E-state index in [9.17, 15) is 0 Å². The second-order valence-corrected chi connectivity index (χ2v) is 6.84. The molecule has 0 bridgehead atoms. The van der Waals surface area contributed by atoms with E-state index in [1.165, 1.54) is 0 Å². The van der Waals surface area contributed by atoms with E-state index >= 15 is 0 Å². The predicted octanol–water partition coefficient (Wildman–Crippen LogP) is 1.49. The summed E-state index contributed by atoms with van der Waals surface area (Å²) in [7, 11) is 3.77. The minimum Gasteiger partial charge on any atom is -0.493 e. The molecule has 0 amide bonds. The second-order valence-electron chi connectivity index (χ2n) is 6.40. The van der Waals surface area contributed by atoms with Crippen LogP contribution in [0.4, 0.5) is 0 Å². The number of hydrogen-bond donors (Lipinski definition) is 1. The first kappa shape index (κ1) is 16.8. The minimum atomic E-state index is 0.244. The molecule has 0 radical (unpaired) electrons. The van der Waals surface area contributed by atoms with Crippen LogP contribution in [0.25, 0.3) is 0 Å². The van der Waals surface area contributed by atoms with Gasteiger partial charge >= 0.3 is 0 Å². The molecule has 5 nitrogen and oxygen atoms in total. The third kappa shape index (κ3) is 4.29. The van der Waals surface area contributed by atoms with E-state index in [0.29, 0.717) is 5.02 Å². The molecule has 6 heteroatoms. The highest BCUT2D eigenvalue weighted by atomic mass is 35.5. The summed E-state index contributed by atoms with van der Waals surface area (Å²) >= 11 is 6.26. The first-order valence-corrected chi connectivity index (χ1v) is 8.68. The van der Waals surface area contributed by atoms with Crippen molar-refractivity contribution in [3.8, 4) is 11.5 Å². The third-order valence-corrected chi connectivity index (χ3v) is 4.76. The highest BCUT2D eigenvalue weighted by Gasteiger charge is 2.27. The first-order chi connectivity index (χ1) is 11.2. The lowest BCUT2D eigenvalue weighted by Gasteiger charge is -2.37. The fourth-order valence-electron chi connectivity index (χ4n) is 3.19. The smallest absolute Gasteiger partial charge is 0.165 e. The molecule has 23 heavy (non-hydrogen) atoms. The topological polar surface area (TPSA) is 37.0 Å². The SMILES string of the molecule is COc1cc(Cl)cc(CCN2CCNCC2)c1OC1CN(C)C1. The van der Waals surface area contributed by atoms with E-state index in [2.05, 4.69) is 22.2 Å². The number of nitrogens with one attached hydrogen (secondary N) is 1. The van der Waals surface area contributed by atoms with Crippen LogP contribution in [-0.4, -0.2) is 75.9 Å². The molecule has 2 fully saturated rings. The van der Waals surface area contributed by atoms with E-state index in [0.717, 1.165) is 69.3 Å². The van der Waals surface area contributed by atoms with Crippen molar-refractivity contribution in [1.29, 1.82) is 0 Å². The lowest BCUT2D eigenvalue weighted by molar-refractivity contribution is 0.0361. The number of likely N-dealkylation sites (N-methyl/N-ethyl adjacent to an activating group) is 1. The number of halogens is 1. The number of likely N-dealkylation sites (tertiary alicyclic amines) is 1. The molecule has 2 heterocycles. The number of nitrogens with zero attached hydrogens (tertiary/aromatic N) is 2. The van der Waals surface area contributed by atoms with E-state index in [1.807, 2.05) is 12.1 Å². The maximum Gasteiger partial charge on any atom is 0.165 e. The number of methoxy groups -OCH3 is 1. The van der Waals surface area contributed by atoms with Crippen LogP contribution in [0.2, 0.25) is 5.02 Å². The molecule has 0 spiro atoms. The predicted molar refractivity (Wildman–Crippen MR) is 92.9 cm³/mol. The Kier molecular flexibility index (Phi) is 5.64. The molecule has 2 aliphatic rings. The van der Waals surface area contributed by atoms with Gasteiger partial charge in [0, 0.05) is 62.5 Å². The largest absolute Gasteiger partial charge is 0.493 e. The molecule has 0 saturated carbocycles. The number of benzene rings is 1. The molecule has 1 N–H and O–H groups in total. The summed E-state index contributed by atoms with van der Waals surface area (Å²) < 4.78 is 11.7. The summed E-state index contributed by atoms with van der Waals surface area (Å²) in [6.07, 6.45) is 1.17. The van der Waals surface area contributed by atoms with Crippen molar-refractivity contribution in [1.82, 2.24) is 15.1 Å². The highest BCUT2D eigenvalue weighted by molar-refractivity contribution is 6.30. The Balaban J connectivity index is 1.71. The lowest BCUT2D eigenvalue weighted by Crippen LogP contribution is -2.51. The van der Waals surface area contributed by atoms with Crippen LogP contribution >= 0.6 is 11.6 Å². The molecule has 0 aliphatic carbocycles. The molecule has 1 aromatic rings. The van der Waals surface area contributed by atoms with Crippen LogP contribution in [0.3, 0.4) is 0 Å². The maximum atomic E-state index is 6.26. The molecule has 0 atom stereocenters. The van der Waals surface area contributed by atoms with E-state index in [1.54, 1.807) is 7.11 Å². The monoisotopic (exact) mass is 339 g/mol. The Labute approximate surface area is 143 Å². The van der Waals surface area contributed by atoms with Crippen molar-refractivity contribution in [2.45, 2.75) is 12.5 Å².